The third-order valence-corrected chi connectivity index (χ3v) is 2.80. The van der Waals surface area contributed by atoms with Gasteiger partial charge in [0.2, 0.25) is 5.91 Å². The minimum atomic E-state index is -0.907. The van der Waals surface area contributed by atoms with Gasteiger partial charge in [0.05, 0.1) is 13.5 Å². The molecule has 0 heterocycles. The molecule has 0 saturated heterocycles. The number of methoxy groups -OCH3 is 1. The number of carbonyl (C=O) groups is 3. The molecule has 6 nitrogen and oxygen atoms in total. The number of nitrogens with zero attached hydrogens (tertiary/aromatic N) is 1. The van der Waals surface area contributed by atoms with Crippen molar-refractivity contribution >= 4 is 17.8 Å². The van der Waals surface area contributed by atoms with Gasteiger partial charge in [0, 0.05) is 25.9 Å². The van der Waals surface area contributed by atoms with E-state index in [0.29, 0.717) is 13.1 Å². The molecule has 0 saturated carbocycles. The molecule has 1 amide bonds. The van der Waals surface area contributed by atoms with Crippen LogP contribution in [0.2, 0.25) is 0 Å². The van der Waals surface area contributed by atoms with E-state index in [4.69, 9.17) is 5.11 Å². The van der Waals surface area contributed by atoms with Crippen LogP contribution in [0.3, 0.4) is 0 Å². The van der Waals surface area contributed by atoms with E-state index >= 15 is 0 Å². The highest BCUT2D eigenvalue weighted by Gasteiger charge is 2.20. The topological polar surface area (TPSA) is 83.9 Å². The van der Waals surface area contributed by atoms with Crippen molar-refractivity contribution in [2.24, 2.45) is 11.8 Å². The normalized spacial score (nSPS) is 12.1. The minimum absolute atomic E-state index is 0.0295. The third kappa shape index (κ3) is 8.50. The van der Waals surface area contributed by atoms with Gasteiger partial charge in [-0.25, -0.2) is 0 Å². The first-order valence-corrected chi connectivity index (χ1v) is 6.82. The molecule has 0 fully saturated rings. The summed E-state index contributed by atoms with van der Waals surface area (Å²) in [5, 5.41) is 8.70. The van der Waals surface area contributed by atoms with Gasteiger partial charge < -0.3 is 14.7 Å². The van der Waals surface area contributed by atoms with E-state index in [9.17, 15) is 14.4 Å². The fourth-order valence-electron chi connectivity index (χ4n) is 1.88. The number of hydrogen-bond donors (Lipinski definition) is 1. The number of amides is 1. The van der Waals surface area contributed by atoms with Crippen LogP contribution in [0.5, 0.6) is 0 Å². The van der Waals surface area contributed by atoms with Gasteiger partial charge in [-0.2, -0.15) is 0 Å². The van der Waals surface area contributed by atoms with Crippen LogP contribution in [0.4, 0.5) is 0 Å². The van der Waals surface area contributed by atoms with Crippen molar-refractivity contribution in [2.75, 3.05) is 20.2 Å². The quantitative estimate of drug-likeness (QED) is 0.650. The van der Waals surface area contributed by atoms with Crippen LogP contribution in [0.1, 0.15) is 40.0 Å². The number of carboxylic acid groups (broad SMARTS) is 1. The smallest absolute Gasteiger partial charge is 0.307 e. The molecule has 0 radical (unpaired) electrons. The molecular formula is C14H25NO5. The Morgan fingerprint density at radius 2 is 1.75 bits per heavy atom. The van der Waals surface area contributed by atoms with Crippen molar-refractivity contribution < 1.29 is 24.2 Å². The lowest BCUT2D eigenvalue weighted by molar-refractivity contribution is -0.142. The summed E-state index contributed by atoms with van der Waals surface area (Å²) >= 11 is 0. The van der Waals surface area contributed by atoms with Crippen molar-refractivity contribution in [1.29, 1.82) is 0 Å². The Morgan fingerprint density at radius 3 is 2.20 bits per heavy atom. The van der Waals surface area contributed by atoms with Gasteiger partial charge in [0.25, 0.3) is 0 Å². The minimum Gasteiger partial charge on any atom is -0.481 e. The van der Waals surface area contributed by atoms with Crippen LogP contribution in [0, 0.1) is 11.8 Å². The van der Waals surface area contributed by atoms with Crippen molar-refractivity contribution in [2.45, 2.75) is 40.0 Å². The zero-order valence-corrected chi connectivity index (χ0v) is 12.7. The van der Waals surface area contributed by atoms with E-state index in [1.807, 2.05) is 13.8 Å². The monoisotopic (exact) mass is 287 g/mol. The van der Waals surface area contributed by atoms with Crippen molar-refractivity contribution in [1.82, 2.24) is 4.90 Å². The van der Waals surface area contributed by atoms with Gasteiger partial charge >= 0.3 is 11.9 Å². The summed E-state index contributed by atoms with van der Waals surface area (Å²) < 4.78 is 4.56. The summed E-state index contributed by atoms with van der Waals surface area (Å²) in [6.45, 7) is 6.57. The highest BCUT2D eigenvalue weighted by molar-refractivity contribution is 5.78. The average Bonchev–Trinajstić information content (AvgIpc) is 2.32. The molecular weight excluding hydrogens is 262 g/mol. The van der Waals surface area contributed by atoms with Crippen LogP contribution >= 0.6 is 0 Å². The first-order chi connectivity index (χ1) is 9.26. The summed E-state index contributed by atoms with van der Waals surface area (Å²) in [6, 6.07) is 0. The second-order valence-corrected chi connectivity index (χ2v) is 5.47. The average molecular weight is 287 g/mol. The third-order valence-electron chi connectivity index (χ3n) is 2.80. The molecule has 0 spiro atoms. The van der Waals surface area contributed by atoms with Crippen LogP contribution in [0.15, 0.2) is 0 Å². The summed E-state index contributed by atoms with van der Waals surface area (Å²) in [6.07, 6.45) is 0.306. The van der Waals surface area contributed by atoms with Gasteiger partial charge in [-0.3, -0.25) is 14.4 Å². The van der Waals surface area contributed by atoms with Crippen molar-refractivity contribution in [3.8, 4) is 0 Å². The lowest BCUT2D eigenvalue weighted by Crippen LogP contribution is -2.37. The van der Waals surface area contributed by atoms with Crippen molar-refractivity contribution in [3.05, 3.63) is 0 Å². The maximum atomic E-state index is 12.2. The summed E-state index contributed by atoms with van der Waals surface area (Å²) in [5.41, 5.74) is 0. The number of aliphatic carboxylic acids is 1. The maximum Gasteiger partial charge on any atom is 0.307 e. The van der Waals surface area contributed by atoms with E-state index in [0.717, 1.165) is 0 Å². The first-order valence-electron chi connectivity index (χ1n) is 6.82. The molecule has 0 aliphatic heterocycles. The van der Waals surface area contributed by atoms with E-state index < -0.39 is 5.97 Å². The van der Waals surface area contributed by atoms with Crippen molar-refractivity contribution in [3.63, 3.8) is 0 Å². The van der Waals surface area contributed by atoms with E-state index in [1.54, 1.807) is 11.8 Å². The molecule has 0 aromatic carbocycles. The molecule has 0 bridgehead atoms. The number of ether oxygens (including phenoxy) is 1. The largest absolute Gasteiger partial charge is 0.481 e. The molecule has 1 unspecified atom stereocenters. The summed E-state index contributed by atoms with van der Waals surface area (Å²) in [5.74, 6) is -1.31. The number of carboxylic acids is 1. The van der Waals surface area contributed by atoms with Crippen LogP contribution in [-0.2, 0) is 19.1 Å². The van der Waals surface area contributed by atoms with Crippen LogP contribution in [-0.4, -0.2) is 48.1 Å². The molecule has 0 aliphatic rings. The molecule has 0 rings (SSSR count). The zero-order chi connectivity index (χ0) is 15.7. The molecule has 1 atom stereocenters. The highest BCUT2D eigenvalue weighted by atomic mass is 16.5. The molecule has 116 valence electrons. The number of hydrogen-bond acceptors (Lipinski definition) is 4. The van der Waals surface area contributed by atoms with E-state index in [-0.39, 0.29) is 43.0 Å². The van der Waals surface area contributed by atoms with Crippen LogP contribution < -0.4 is 0 Å². The second kappa shape index (κ2) is 9.34. The molecule has 20 heavy (non-hydrogen) atoms. The lowest BCUT2D eigenvalue weighted by Gasteiger charge is -2.25. The number of carbonyl (C=O) groups excluding carboxylic acids is 2. The fourth-order valence-corrected chi connectivity index (χ4v) is 1.88. The zero-order valence-electron chi connectivity index (χ0n) is 12.7. The molecule has 0 aromatic rings. The Morgan fingerprint density at radius 1 is 1.15 bits per heavy atom. The van der Waals surface area contributed by atoms with Gasteiger partial charge in [0.15, 0.2) is 0 Å². The molecule has 6 heteroatoms. The number of esters is 1. The van der Waals surface area contributed by atoms with Crippen LogP contribution in [0.25, 0.3) is 0 Å². The molecule has 0 aliphatic carbocycles. The lowest BCUT2D eigenvalue weighted by atomic mass is 10.0. The SMILES string of the molecule is COC(=O)CCN(CC(C)C)C(=O)CC(C)CC(=O)O. The van der Waals surface area contributed by atoms with Gasteiger partial charge in [-0.05, 0) is 11.8 Å². The van der Waals surface area contributed by atoms with E-state index in [2.05, 4.69) is 4.74 Å². The predicted molar refractivity (Wildman–Crippen MR) is 74.1 cm³/mol. The Balaban J connectivity index is 4.47. The molecule has 0 aromatic heterocycles. The Bertz CT molecular complexity index is 340. The molecule has 1 N–H and O–H groups in total. The van der Waals surface area contributed by atoms with Gasteiger partial charge in [-0.15, -0.1) is 0 Å². The summed E-state index contributed by atoms with van der Waals surface area (Å²) in [7, 11) is 1.31. The second-order valence-electron chi connectivity index (χ2n) is 5.47. The van der Waals surface area contributed by atoms with Gasteiger partial charge in [0.1, 0.15) is 0 Å². The maximum absolute atomic E-state index is 12.2. The summed E-state index contributed by atoms with van der Waals surface area (Å²) in [4.78, 5) is 35.5. The fraction of sp³-hybridized carbons (Fsp3) is 0.786. The Hall–Kier alpha value is -1.59. The Labute approximate surface area is 120 Å². The predicted octanol–water partition coefficient (Wildman–Crippen LogP) is 1.53. The number of rotatable bonds is 9. The first kappa shape index (κ1) is 18.4. The van der Waals surface area contributed by atoms with Gasteiger partial charge in [-0.1, -0.05) is 20.8 Å². The standard InChI is InChI=1S/C14H25NO5/c1-10(2)9-15(6-5-14(19)20-4)12(16)7-11(3)8-13(17)18/h10-11H,5-9H2,1-4H3,(H,17,18). The van der Waals surface area contributed by atoms with E-state index in [1.165, 1.54) is 7.11 Å². The Kier molecular flexibility index (Phi) is 8.59. The highest BCUT2D eigenvalue weighted by Crippen LogP contribution is 2.12.